The number of anilines is 1. The van der Waals surface area contributed by atoms with E-state index in [-0.39, 0.29) is 17.6 Å². The number of carbonyl (C=O) groups excluding carboxylic acids is 2. The molecule has 0 radical (unpaired) electrons. The van der Waals surface area contributed by atoms with Crippen LogP contribution in [0.3, 0.4) is 0 Å². The van der Waals surface area contributed by atoms with Gasteiger partial charge in [0.05, 0.1) is 17.5 Å². The molecule has 0 saturated heterocycles. The highest BCUT2D eigenvalue weighted by molar-refractivity contribution is 7.99. The van der Waals surface area contributed by atoms with E-state index in [1.807, 2.05) is 48.7 Å². The van der Waals surface area contributed by atoms with Crippen LogP contribution in [0, 0.1) is 6.92 Å². The van der Waals surface area contributed by atoms with Crippen LogP contribution in [0.15, 0.2) is 72.4 Å². The predicted molar refractivity (Wildman–Crippen MR) is 149 cm³/mol. The van der Waals surface area contributed by atoms with Crippen LogP contribution in [0.25, 0.3) is 11.3 Å². The fourth-order valence-corrected chi connectivity index (χ4v) is 5.31. The van der Waals surface area contributed by atoms with E-state index in [1.54, 1.807) is 30.3 Å². The highest BCUT2D eigenvalue weighted by atomic mass is 35.5. The second-order valence-corrected chi connectivity index (χ2v) is 10.7. The molecule has 2 heterocycles. The van der Waals surface area contributed by atoms with Gasteiger partial charge in [0.15, 0.2) is 16.1 Å². The van der Waals surface area contributed by atoms with E-state index >= 15 is 0 Å². The number of amides is 2. The predicted octanol–water partition coefficient (Wildman–Crippen LogP) is 5.77. The minimum absolute atomic E-state index is 0.125. The minimum Gasteiger partial charge on any atom is -0.342 e. The molecule has 2 aromatic carbocycles. The number of nitrogens with zero attached hydrogens (tertiary/aromatic N) is 4. The summed E-state index contributed by atoms with van der Waals surface area (Å²) in [6.07, 6.45) is 1.72. The number of rotatable bonds is 10. The zero-order valence-electron chi connectivity index (χ0n) is 20.3. The number of aryl methyl sites for hydroxylation is 1. The molecule has 4 rings (SSSR count). The van der Waals surface area contributed by atoms with Crippen molar-refractivity contribution in [3.63, 3.8) is 0 Å². The van der Waals surface area contributed by atoms with Gasteiger partial charge < -0.3 is 15.2 Å². The van der Waals surface area contributed by atoms with E-state index < -0.39 is 6.04 Å². The second-order valence-electron chi connectivity index (χ2n) is 8.07. The van der Waals surface area contributed by atoms with Crippen LogP contribution in [0.2, 0.25) is 5.02 Å². The minimum atomic E-state index is -0.423. The van der Waals surface area contributed by atoms with Crippen LogP contribution in [0.5, 0.6) is 0 Å². The first kappa shape index (κ1) is 26.6. The third kappa shape index (κ3) is 6.65. The highest BCUT2D eigenvalue weighted by Crippen LogP contribution is 2.30. The largest absolute Gasteiger partial charge is 0.342 e. The van der Waals surface area contributed by atoms with Crippen molar-refractivity contribution in [2.75, 3.05) is 11.1 Å². The van der Waals surface area contributed by atoms with Gasteiger partial charge in [-0.1, -0.05) is 59.8 Å². The molecule has 2 aromatic heterocycles. The Bertz CT molecular complexity index is 1400. The van der Waals surface area contributed by atoms with Crippen molar-refractivity contribution in [3.8, 4) is 11.3 Å². The zero-order chi connectivity index (χ0) is 26.4. The normalized spacial score (nSPS) is 11.6. The first-order chi connectivity index (χ1) is 17.9. The van der Waals surface area contributed by atoms with Crippen molar-refractivity contribution in [2.24, 2.45) is 0 Å². The molecule has 0 bridgehead atoms. The van der Waals surface area contributed by atoms with Gasteiger partial charge in [0.2, 0.25) is 5.91 Å². The summed E-state index contributed by atoms with van der Waals surface area (Å²) in [6.45, 7) is 8.05. The molecule has 190 valence electrons. The number of hydrogen-bond donors (Lipinski definition) is 2. The molecule has 1 atom stereocenters. The average Bonchev–Trinajstić information content (AvgIpc) is 3.46. The van der Waals surface area contributed by atoms with Gasteiger partial charge in [0, 0.05) is 27.6 Å². The fraction of sp³-hybridized carbons (Fsp3) is 0.192. The fourth-order valence-electron chi connectivity index (χ4n) is 3.57. The van der Waals surface area contributed by atoms with Crippen molar-refractivity contribution < 1.29 is 9.59 Å². The third-order valence-electron chi connectivity index (χ3n) is 5.32. The van der Waals surface area contributed by atoms with Gasteiger partial charge in [-0.3, -0.25) is 9.59 Å². The zero-order valence-corrected chi connectivity index (χ0v) is 22.7. The number of thiazole rings is 1. The van der Waals surface area contributed by atoms with Crippen molar-refractivity contribution in [1.82, 2.24) is 25.1 Å². The smallest absolute Gasteiger partial charge is 0.251 e. The lowest BCUT2D eigenvalue weighted by molar-refractivity contribution is -0.113. The van der Waals surface area contributed by atoms with Crippen molar-refractivity contribution in [1.29, 1.82) is 0 Å². The van der Waals surface area contributed by atoms with Gasteiger partial charge in [0.1, 0.15) is 0 Å². The van der Waals surface area contributed by atoms with E-state index in [4.69, 9.17) is 11.6 Å². The Hall–Kier alpha value is -3.47. The van der Waals surface area contributed by atoms with Crippen molar-refractivity contribution >= 4 is 51.6 Å². The van der Waals surface area contributed by atoms with E-state index in [2.05, 4.69) is 32.4 Å². The molecule has 0 spiro atoms. The summed E-state index contributed by atoms with van der Waals surface area (Å²) >= 11 is 8.60. The van der Waals surface area contributed by atoms with Crippen molar-refractivity contribution in [2.45, 2.75) is 31.6 Å². The highest BCUT2D eigenvalue weighted by Gasteiger charge is 2.21. The molecule has 0 fully saturated rings. The maximum absolute atomic E-state index is 12.7. The van der Waals surface area contributed by atoms with Crippen LogP contribution >= 0.6 is 34.7 Å². The number of nitrogens with one attached hydrogen (secondary N) is 2. The lowest BCUT2D eigenvalue weighted by Crippen LogP contribution is -2.28. The molecule has 8 nitrogen and oxygen atoms in total. The Morgan fingerprint density at radius 3 is 2.59 bits per heavy atom. The molecule has 0 saturated carbocycles. The summed E-state index contributed by atoms with van der Waals surface area (Å²) in [4.78, 5) is 30.9. The lowest BCUT2D eigenvalue weighted by Gasteiger charge is -2.15. The quantitative estimate of drug-likeness (QED) is 0.191. The maximum Gasteiger partial charge on any atom is 0.251 e. The summed E-state index contributed by atoms with van der Waals surface area (Å²) in [5, 5.41) is 16.0. The Labute approximate surface area is 228 Å². The maximum atomic E-state index is 12.7. The summed E-state index contributed by atoms with van der Waals surface area (Å²) in [6, 6.07) is 16.1. The SMILES string of the molecule is C=CCn1c(SCC(=O)Nc2nc(-c3ccccc3)c(C)s2)nnc1[C@H](C)NC(=O)c1ccc(Cl)cc1. The Balaban J connectivity index is 1.39. The molecule has 37 heavy (non-hydrogen) atoms. The summed E-state index contributed by atoms with van der Waals surface area (Å²) in [5.74, 6) is 0.241. The molecule has 0 aliphatic carbocycles. The van der Waals surface area contributed by atoms with Gasteiger partial charge in [-0.25, -0.2) is 4.98 Å². The monoisotopic (exact) mass is 552 g/mol. The van der Waals surface area contributed by atoms with Crippen molar-refractivity contribution in [3.05, 3.63) is 88.5 Å². The van der Waals surface area contributed by atoms with E-state index in [0.717, 1.165) is 16.1 Å². The van der Waals surface area contributed by atoms with Crippen LogP contribution in [0.1, 0.15) is 34.0 Å². The summed E-state index contributed by atoms with van der Waals surface area (Å²) in [5.41, 5.74) is 2.36. The van der Waals surface area contributed by atoms with Crippen LogP contribution in [-0.4, -0.2) is 37.3 Å². The number of benzene rings is 2. The Morgan fingerprint density at radius 2 is 1.89 bits per heavy atom. The molecule has 2 N–H and O–H groups in total. The van der Waals surface area contributed by atoms with Crippen LogP contribution in [0.4, 0.5) is 5.13 Å². The topological polar surface area (TPSA) is 102 Å². The molecule has 0 aliphatic heterocycles. The molecule has 0 unspecified atom stereocenters. The van der Waals surface area contributed by atoms with E-state index in [0.29, 0.717) is 33.2 Å². The molecule has 0 aliphatic rings. The number of halogens is 1. The average molecular weight is 553 g/mol. The lowest BCUT2D eigenvalue weighted by atomic mass is 10.1. The number of carbonyl (C=O) groups is 2. The van der Waals surface area contributed by atoms with Gasteiger partial charge in [-0.15, -0.1) is 28.1 Å². The third-order valence-corrected chi connectivity index (χ3v) is 7.43. The Morgan fingerprint density at radius 1 is 1.16 bits per heavy atom. The standard InChI is InChI=1S/C26H25ClN6O2S2/c1-4-14-33-23(16(2)28-24(35)19-10-12-20(27)13-11-19)31-32-26(33)36-15-21(34)29-25-30-22(17(3)37-25)18-8-6-5-7-9-18/h4-13,16H,1,14-15H2,2-3H3,(H,28,35)(H,29,30,34)/t16-/m0/s1. The second kappa shape index (κ2) is 12.2. The summed E-state index contributed by atoms with van der Waals surface area (Å²) in [7, 11) is 0. The number of allylic oxidation sites excluding steroid dienone is 1. The van der Waals surface area contributed by atoms with E-state index in [9.17, 15) is 9.59 Å². The number of aromatic nitrogens is 4. The van der Waals surface area contributed by atoms with Gasteiger partial charge in [-0.05, 0) is 38.1 Å². The first-order valence-corrected chi connectivity index (χ1v) is 13.6. The number of thioether (sulfide) groups is 1. The van der Waals surface area contributed by atoms with Gasteiger partial charge in [0.25, 0.3) is 5.91 Å². The number of hydrogen-bond acceptors (Lipinski definition) is 7. The molecule has 2 amide bonds. The Kier molecular flexibility index (Phi) is 8.75. The van der Waals surface area contributed by atoms with Gasteiger partial charge in [-0.2, -0.15) is 0 Å². The van der Waals surface area contributed by atoms with E-state index in [1.165, 1.54) is 23.1 Å². The molecule has 4 aromatic rings. The van der Waals surface area contributed by atoms with Gasteiger partial charge >= 0.3 is 0 Å². The van der Waals surface area contributed by atoms with Crippen LogP contribution in [-0.2, 0) is 11.3 Å². The molecular formula is C26H25ClN6O2S2. The first-order valence-electron chi connectivity index (χ1n) is 11.4. The molecule has 11 heteroatoms. The molecular weight excluding hydrogens is 528 g/mol. The van der Waals surface area contributed by atoms with Crippen LogP contribution < -0.4 is 10.6 Å². The summed E-state index contributed by atoms with van der Waals surface area (Å²) < 4.78 is 1.83.